The molecule has 1 aliphatic rings. The molecule has 0 aliphatic carbocycles. The predicted molar refractivity (Wildman–Crippen MR) is 178 cm³/mol. The fourth-order valence-corrected chi connectivity index (χ4v) is 5.89. The summed E-state index contributed by atoms with van der Waals surface area (Å²) in [6.45, 7) is 2.00. The number of hydrogen-bond donors (Lipinski definition) is 2. The number of hydrogen-bond acceptors (Lipinski definition) is 6. The molecule has 1 aromatic heterocycles. The minimum absolute atomic E-state index is 0.0107. The Kier molecular flexibility index (Phi) is 10.3. The SMILES string of the molecule is CN(Cc1ccccc1)C[C@H]1C[C@@H](c2ccc(CO)cc2)O[C@@H](c2ccc(-c3ccccc3CNC(=O)c3cccnc3)cc2)O1. The molecule has 6 rings (SSSR count). The van der Waals surface area contributed by atoms with Crippen LogP contribution < -0.4 is 5.32 Å². The average molecular weight is 614 g/mol. The van der Waals surface area contributed by atoms with E-state index in [1.54, 1.807) is 24.5 Å². The van der Waals surface area contributed by atoms with Crippen molar-refractivity contribution in [2.75, 3.05) is 13.6 Å². The van der Waals surface area contributed by atoms with E-state index in [1.807, 2.05) is 48.5 Å². The van der Waals surface area contributed by atoms with E-state index in [2.05, 4.69) is 76.8 Å². The van der Waals surface area contributed by atoms with Gasteiger partial charge >= 0.3 is 0 Å². The first kappa shape index (κ1) is 31.3. The molecule has 2 N–H and O–H groups in total. The van der Waals surface area contributed by atoms with Crippen LogP contribution in [0, 0.1) is 0 Å². The molecule has 7 nitrogen and oxygen atoms in total. The lowest BCUT2D eigenvalue weighted by Crippen LogP contribution is -2.37. The van der Waals surface area contributed by atoms with Gasteiger partial charge in [-0.25, -0.2) is 0 Å². The summed E-state index contributed by atoms with van der Waals surface area (Å²) in [4.78, 5) is 19.0. The van der Waals surface area contributed by atoms with Gasteiger partial charge in [0, 0.05) is 44.0 Å². The van der Waals surface area contributed by atoms with Gasteiger partial charge in [-0.1, -0.05) is 103 Å². The van der Waals surface area contributed by atoms with Crippen LogP contribution in [0.4, 0.5) is 0 Å². The maximum absolute atomic E-state index is 12.6. The molecule has 4 aromatic carbocycles. The third-order valence-electron chi connectivity index (χ3n) is 8.30. The van der Waals surface area contributed by atoms with E-state index in [0.717, 1.165) is 52.9 Å². The van der Waals surface area contributed by atoms with Gasteiger partial charge in [-0.05, 0) is 52.6 Å². The van der Waals surface area contributed by atoms with Gasteiger partial charge in [0.1, 0.15) is 0 Å². The molecule has 3 atom stereocenters. The Morgan fingerprint density at radius 1 is 0.848 bits per heavy atom. The third kappa shape index (κ3) is 7.94. The van der Waals surface area contributed by atoms with E-state index >= 15 is 0 Å². The van der Waals surface area contributed by atoms with Gasteiger partial charge in [0.15, 0.2) is 6.29 Å². The number of benzene rings is 4. The van der Waals surface area contributed by atoms with Crippen LogP contribution in [0.1, 0.15) is 57.0 Å². The lowest BCUT2D eigenvalue weighted by Gasteiger charge is -2.38. The quantitative estimate of drug-likeness (QED) is 0.170. The Morgan fingerprint density at radius 3 is 2.33 bits per heavy atom. The molecule has 0 bridgehead atoms. The highest BCUT2D eigenvalue weighted by molar-refractivity contribution is 5.93. The molecule has 1 aliphatic heterocycles. The maximum atomic E-state index is 12.6. The summed E-state index contributed by atoms with van der Waals surface area (Å²) >= 11 is 0. The van der Waals surface area contributed by atoms with Crippen LogP contribution in [0.2, 0.25) is 0 Å². The number of likely N-dealkylation sites (N-methyl/N-ethyl adjacent to an activating group) is 1. The Labute approximate surface area is 270 Å². The molecule has 0 saturated carbocycles. The highest BCUT2D eigenvalue weighted by Gasteiger charge is 2.32. The third-order valence-corrected chi connectivity index (χ3v) is 8.30. The monoisotopic (exact) mass is 613 g/mol. The van der Waals surface area contributed by atoms with E-state index in [9.17, 15) is 9.90 Å². The number of pyridine rings is 1. The van der Waals surface area contributed by atoms with Gasteiger partial charge in [-0.2, -0.15) is 0 Å². The van der Waals surface area contributed by atoms with Crippen molar-refractivity contribution < 1.29 is 19.4 Å². The number of aliphatic hydroxyl groups excluding tert-OH is 1. The zero-order valence-corrected chi connectivity index (χ0v) is 26.0. The second-order valence-electron chi connectivity index (χ2n) is 11.7. The molecule has 46 heavy (non-hydrogen) atoms. The molecule has 0 unspecified atom stereocenters. The van der Waals surface area contributed by atoms with Crippen LogP contribution in [-0.2, 0) is 29.2 Å². The summed E-state index contributed by atoms with van der Waals surface area (Å²) in [6.07, 6.45) is 3.22. The number of rotatable bonds is 11. The van der Waals surface area contributed by atoms with Crippen molar-refractivity contribution in [1.29, 1.82) is 0 Å². The molecule has 1 fully saturated rings. The Morgan fingerprint density at radius 2 is 1.59 bits per heavy atom. The molecule has 2 heterocycles. The minimum atomic E-state index is -0.533. The van der Waals surface area contributed by atoms with Crippen LogP contribution in [0.25, 0.3) is 11.1 Å². The molecular weight excluding hydrogens is 574 g/mol. The second kappa shape index (κ2) is 15.1. The lowest BCUT2D eigenvalue weighted by molar-refractivity contribution is -0.252. The van der Waals surface area contributed by atoms with E-state index in [1.165, 1.54) is 5.56 Å². The predicted octanol–water partition coefficient (Wildman–Crippen LogP) is 6.85. The van der Waals surface area contributed by atoms with Crippen molar-refractivity contribution in [3.63, 3.8) is 0 Å². The van der Waals surface area contributed by atoms with Gasteiger partial charge in [-0.15, -0.1) is 0 Å². The number of nitrogens with zero attached hydrogens (tertiary/aromatic N) is 2. The number of aliphatic hydroxyl groups is 1. The largest absolute Gasteiger partial charge is 0.392 e. The zero-order chi connectivity index (χ0) is 31.7. The number of nitrogens with one attached hydrogen (secondary N) is 1. The summed E-state index contributed by atoms with van der Waals surface area (Å²) < 4.78 is 13.2. The topological polar surface area (TPSA) is 83.9 Å². The molecule has 0 spiro atoms. The average Bonchev–Trinajstić information content (AvgIpc) is 3.11. The number of carbonyl (C=O) groups is 1. The molecular formula is C39H39N3O4. The van der Waals surface area contributed by atoms with E-state index < -0.39 is 6.29 Å². The Balaban J connectivity index is 1.18. The van der Waals surface area contributed by atoms with Crippen LogP contribution in [0.5, 0.6) is 0 Å². The molecule has 234 valence electrons. The maximum Gasteiger partial charge on any atom is 0.253 e. The summed E-state index contributed by atoms with van der Waals surface area (Å²) in [6, 6.07) is 38.3. The van der Waals surface area contributed by atoms with Crippen molar-refractivity contribution in [2.45, 2.75) is 44.6 Å². The normalized spacial score (nSPS) is 17.9. The summed E-state index contributed by atoms with van der Waals surface area (Å²) in [7, 11) is 2.12. The first-order valence-corrected chi connectivity index (χ1v) is 15.7. The van der Waals surface area contributed by atoms with E-state index in [4.69, 9.17) is 9.47 Å². The smallest absolute Gasteiger partial charge is 0.253 e. The number of amides is 1. The summed E-state index contributed by atoms with van der Waals surface area (Å²) in [5.41, 5.74) is 7.79. The summed E-state index contributed by atoms with van der Waals surface area (Å²) in [5.74, 6) is -0.158. The first-order valence-electron chi connectivity index (χ1n) is 15.7. The highest BCUT2D eigenvalue weighted by Crippen LogP contribution is 2.39. The molecule has 1 amide bonds. The van der Waals surface area contributed by atoms with Gasteiger partial charge in [0.2, 0.25) is 0 Å². The molecule has 1 saturated heterocycles. The highest BCUT2D eigenvalue weighted by atomic mass is 16.7. The van der Waals surface area contributed by atoms with E-state index in [-0.39, 0.29) is 24.7 Å². The van der Waals surface area contributed by atoms with Crippen LogP contribution in [-0.4, -0.2) is 40.6 Å². The standard InChI is InChI=1S/C39H39N3O4/c1-42(25-28-8-3-2-4-9-28)26-35-22-37(31-15-13-29(27-43)14-16-31)46-39(45-35)32-19-17-30(18-20-32)36-12-6-5-10-33(36)24-41-38(44)34-11-7-21-40-23-34/h2-21,23,35,37,39,43H,22,24-27H2,1H3,(H,41,44)/t35-,37+,39+/m1/s1. The van der Waals surface area contributed by atoms with Crippen LogP contribution in [0.15, 0.2) is 128 Å². The molecule has 0 radical (unpaired) electrons. The van der Waals surface area contributed by atoms with Gasteiger partial charge in [-0.3, -0.25) is 14.7 Å². The number of ether oxygens (including phenoxy) is 2. The first-order chi connectivity index (χ1) is 22.6. The van der Waals surface area contributed by atoms with Crippen LogP contribution >= 0.6 is 0 Å². The van der Waals surface area contributed by atoms with Gasteiger partial charge in [0.05, 0.1) is 24.4 Å². The minimum Gasteiger partial charge on any atom is -0.392 e. The molecule has 7 heteroatoms. The van der Waals surface area contributed by atoms with Gasteiger partial charge < -0.3 is 19.9 Å². The van der Waals surface area contributed by atoms with Crippen molar-refractivity contribution in [1.82, 2.24) is 15.2 Å². The van der Waals surface area contributed by atoms with Crippen molar-refractivity contribution in [3.8, 4) is 11.1 Å². The van der Waals surface area contributed by atoms with Crippen molar-refractivity contribution in [2.24, 2.45) is 0 Å². The number of aromatic nitrogens is 1. The summed E-state index contributed by atoms with van der Waals surface area (Å²) in [5, 5.41) is 12.6. The van der Waals surface area contributed by atoms with Gasteiger partial charge in [0.25, 0.3) is 5.91 Å². The van der Waals surface area contributed by atoms with Crippen LogP contribution in [0.3, 0.4) is 0 Å². The fourth-order valence-electron chi connectivity index (χ4n) is 5.89. The van der Waals surface area contributed by atoms with Crippen molar-refractivity contribution in [3.05, 3.63) is 161 Å². The van der Waals surface area contributed by atoms with Crippen molar-refractivity contribution >= 4 is 5.91 Å². The molecule has 5 aromatic rings. The lowest BCUT2D eigenvalue weighted by atomic mass is 9.97. The Hall–Kier alpha value is -4.66. The Bertz CT molecular complexity index is 1700. The van der Waals surface area contributed by atoms with E-state index in [0.29, 0.717) is 12.1 Å². The fraction of sp³-hybridized carbons (Fsp3) is 0.231. The second-order valence-corrected chi connectivity index (χ2v) is 11.7. The number of carbonyl (C=O) groups excluding carboxylic acids is 1. The zero-order valence-electron chi connectivity index (χ0n) is 26.0.